The van der Waals surface area contributed by atoms with E-state index in [0.717, 1.165) is 53.3 Å². The van der Waals surface area contributed by atoms with Crippen molar-refractivity contribution in [1.29, 1.82) is 0 Å². The minimum absolute atomic E-state index is 0.0653. The lowest BCUT2D eigenvalue weighted by atomic mass is 9.98. The van der Waals surface area contributed by atoms with Gasteiger partial charge in [0.2, 0.25) is 0 Å². The summed E-state index contributed by atoms with van der Waals surface area (Å²) in [5.74, 6) is 1.63. The van der Waals surface area contributed by atoms with Gasteiger partial charge in [-0.3, -0.25) is 4.79 Å². The zero-order chi connectivity index (χ0) is 19.0. The monoisotopic (exact) mass is 383 g/mol. The van der Waals surface area contributed by atoms with Crippen LogP contribution in [0.15, 0.2) is 29.6 Å². The van der Waals surface area contributed by atoms with E-state index in [-0.39, 0.29) is 5.91 Å². The van der Waals surface area contributed by atoms with Crippen molar-refractivity contribution in [3.63, 3.8) is 0 Å². The second-order valence-corrected chi connectivity index (χ2v) is 8.38. The van der Waals surface area contributed by atoms with Gasteiger partial charge in [-0.2, -0.15) is 0 Å². The predicted octanol–water partition coefficient (Wildman–Crippen LogP) is 4.78. The molecule has 1 fully saturated rings. The van der Waals surface area contributed by atoms with Crippen LogP contribution >= 0.6 is 11.3 Å². The molecule has 1 N–H and O–H groups in total. The number of thiazole rings is 1. The van der Waals surface area contributed by atoms with Gasteiger partial charge in [0.15, 0.2) is 0 Å². The highest BCUT2D eigenvalue weighted by molar-refractivity contribution is 7.09. The van der Waals surface area contributed by atoms with E-state index >= 15 is 0 Å². The number of H-pyrrole nitrogens is 1. The van der Waals surface area contributed by atoms with Gasteiger partial charge in [-0.1, -0.05) is 13.8 Å². The fourth-order valence-corrected chi connectivity index (χ4v) is 4.74. The van der Waals surface area contributed by atoms with Gasteiger partial charge < -0.3 is 14.6 Å². The summed E-state index contributed by atoms with van der Waals surface area (Å²) in [6.07, 6.45) is 2.11. The summed E-state index contributed by atoms with van der Waals surface area (Å²) in [6.45, 7) is 5.87. The number of likely N-dealkylation sites (tertiary alicyclic amines) is 1. The van der Waals surface area contributed by atoms with Crippen LogP contribution in [0.1, 0.15) is 59.7 Å². The zero-order valence-corrected chi connectivity index (χ0v) is 16.8. The Balaban J connectivity index is 1.52. The number of piperidine rings is 1. The Morgan fingerprint density at radius 3 is 2.96 bits per heavy atom. The molecule has 1 aliphatic rings. The molecule has 3 aromatic rings. The van der Waals surface area contributed by atoms with E-state index in [1.54, 1.807) is 18.4 Å². The van der Waals surface area contributed by atoms with Gasteiger partial charge in [0.1, 0.15) is 11.4 Å². The maximum Gasteiger partial charge on any atom is 0.270 e. The molecule has 1 atom stereocenters. The molecule has 6 heteroatoms. The lowest BCUT2D eigenvalue weighted by Crippen LogP contribution is -2.39. The first-order chi connectivity index (χ1) is 13.0. The van der Waals surface area contributed by atoms with Gasteiger partial charge in [-0.15, -0.1) is 11.3 Å². The molecule has 0 saturated carbocycles. The van der Waals surface area contributed by atoms with E-state index in [4.69, 9.17) is 9.72 Å². The van der Waals surface area contributed by atoms with Gasteiger partial charge in [0.25, 0.3) is 5.91 Å². The van der Waals surface area contributed by atoms with Crippen molar-refractivity contribution in [1.82, 2.24) is 14.9 Å². The molecule has 142 valence electrons. The largest absolute Gasteiger partial charge is 0.497 e. The molecule has 1 aliphatic heterocycles. The third kappa shape index (κ3) is 3.58. The molecule has 0 spiro atoms. The fraction of sp³-hybridized carbons (Fsp3) is 0.429. The van der Waals surface area contributed by atoms with E-state index in [0.29, 0.717) is 17.5 Å². The molecule has 1 saturated heterocycles. The summed E-state index contributed by atoms with van der Waals surface area (Å²) in [5.41, 5.74) is 2.72. The van der Waals surface area contributed by atoms with Crippen molar-refractivity contribution >= 4 is 28.1 Å². The normalized spacial score (nSPS) is 17.6. The van der Waals surface area contributed by atoms with Crippen LogP contribution in [0.25, 0.3) is 10.9 Å². The highest BCUT2D eigenvalue weighted by Gasteiger charge is 2.28. The molecule has 27 heavy (non-hydrogen) atoms. The number of aromatic amines is 1. The van der Waals surface area contributed by atoms with Crippen LogP contribution in [0.4, 0.5) is 0 Å². The summed E-state index contributed by atoms with van der Waals surface area (Å²) in [6, 6.07) is 7.74. The molecule has 3 heterocycles. The molecule has 0 aliphatic carbocycles. The number of benzene rings is 1. The first-order valence-electron chi connectivity index (χ1n) is 9.46. The van der Waals surface area contributed by atoms with Crippen LogP contribution in [0.5, 0.6) is 5.75 Å². The van der Waals surface area contributed by atoms with Crippen molar-refractivity contribution < 1.29 is 9.53 Å². The van der Waals surface area contributed by atoms with Crippen molar-refractivity contribution in [2.45, 2.75) is 38.5 Å². The first-order valence-corrected chi connectivity index (χ1v) is 10.3. The molecule has 1 unspecified atom stereocenters. The average molecular weight is 384 g/mol. The summed E-state index contributed by atoms with van der Waals surface area (Å²) in [7, 11) is 1.65. The topological polar surface area (TPSA) is 58.2 Å². The Kier molecular flexibility index (Phi) is 4.91. The van der Waals surface area contributed by atoms with E-state index in [2.05, 4.69) is 24.2 Å². The molecule has 0 radical (unpaired) electrons. The zero-order valence-electron chi connectivity index (χ0n) is 16.0. The van der Waals surface area contributed by atoms with Crippen molar-refractivity contribution in [3.8, 4) is 5.75 Å². The van der Waals surface area contributed by atoms with Crippen LogP contribution in [0, 0.1) is 0 Å². The lowest BCUT2D eigenvalue weighted by Gasteiger charge is -2.31. The summed E-state index contributed by atoms with van der Waals surface area (Å²) < 4.78 is 5.27. The number of ether oxygens (including phenoxy) is 1. The standard InChI is InChI=1S/C21H25N3O2S/c1-13(2)19-12-27-20(23-19)15-5-4-8-24(11-15)21(25)18-9-14-6-7-16(26-3)10-17(14)22-18/h6-7,9-10,12-13,15,22H,4-5,8,11H2,1-3H3. The van der Waals surface area contributed by atoms with Crippen LogP contribution in [0.3, 0.4) is 0 Å². The Morgan fingerprint density at radius 1 is 1.37 bits per heavy atom. The average Bonchev–Trinajstić information content (AvgIpc) is 3.34. The summed E-state index contributed by atoms with van der Waals surface area (Å²) >= 11 is 1.73. The van der Waals surface area contributed by atoms with Crippen LogP contribution < -0.4 is 4.74 Å². The number of aromatic nitrogens is 2. The Labute approximate surface area is 163 Å². The second-order valence-electron chi connectivity index (χ2n) is 7.49. The van der Waals surface area contributed by atoms with Gasteiger partial charge >= 0.3 is 0 Å². The molecular weight excluding hydrogens is 358 g/mol. The highest BCUT2D eigenvalue weighted by Crippen LogP contribution is 2.31. The molecule has 1 amide bonds. The molecular formula is C21H25N3O2S. The van der Waals surface area contributed by atoms with Gasteiger partial charge in [0.05, 0.1) is 17.8 Å². The minimum atomic E-state index is 0.0653. The lowest BCUT2D eigenvalue weighted by molar-refractivity contribution is 0.0702. The maximum atomic E-state index is 13.1. The van der Waals surface area contributed by atoms with Gasteiger partial charge in [-0.05, 0) is 37.0 Å². The van der Waals surface area contributed by atoms with Crippen molar-refractivity contribution in [3.05, 3.63) is 46.0 Å². The molecule has 4 rings (SSSR count). The fourth-order valence-electron chi connectivity index (χ4n) is 3.64. The van der Waals surface area contributed by atoms with Crippen LogP contribution in [-0.4, -0.2) is 41.0 Å². The number of methoxy groups -OCH3 is 1. The Hall–Kier alpha value is -2.34. The number of amides is 1. The Morgan fingerprint density at radius 2 is 2.22 bits per heavy atom. The van der Waals surface area contributed by atoms with Crippen molar-refractivity contribution in [2.75, 3.05) is 20.2 Å². The predicted molar refractivity (Wildman–Crippen MR) is 109 cm³/mol. The second kappa shape index (κ2) is 7.35. The summed E-state index contributed by atoms with van der Waals surface area (Å²) in [5, 5.41) is 4.35. The summed E-state index contributed by atoms with van der Waals surface area (Å²) in [4.78, 5) is 23.1. The molecule has 2 aromatic heterocycles. The Bertz CT molecular complexity index is 959. The van der Waals surface area contributed by atoms with E-state index in [9.17, 15) is 4.79 Å². The van der Waals surface area contributed by atoms with Crippen LogP contribution in [0.2, 0.25) is 0 Å². The highest BCUT2D eigenvalue weighted by atomic mass is 32.1. The number of nitrogens with zero attached hydrogens (tertiary/aromatic N) is 2. The molecule has 5 nitrogen and oxygen atoms in total. The smallest absolute Gasteiger partial charge is 0.270 e. The van der Waals surface area contributed by atoms with E-state index in [1.807, 2.05) is 29.2 Å². The maximum absolute atomic E-state index is 13.1. The SMILES string of the molecule is COc1ccc2cc(C(=O)N3CCCC(c4nc(C(C)C)cs4)C3)[nH]c2c1. The minimum Gasteiger partial charge on any atom is -0.497 e. The van der Waals surface area contributed by atoms with Crippen LogP contribution in [-0.2, 0) is 0 Å². The number of carbonyl (C=O) groups is 1. The van der Waals surface area contributed by atoms with E-state index < -0.39 is 0 Å². The number of carbonyl (C=O) groups excluding carboxylic acids is 1. The quantitative estimate of drug-likeness (QED) is 0.705. The molecule has 1 aromatic carbocycles. The number of rotatable bonds is 4. The molecule has 0 bridgehead atoms. The van der Waals surface area contributed by atoms with Crippen molar-refractivity contribution in [2.24, 2.45) is 0 Å². The number of hydrogen-bond donors (Lipinski definition) is 1. The third-order valence-electron chi connectivity index (χ3n) is 5.25. The number of nitrogens with one attached hydrogen (secondary N) is 1. The van der Waals surface area contributed by atoms with E-state index in [1.165, 1.54) is 0 Å². The number of fused-ring (bicyclic) bond motifs is 1. The first kappa shape index (κ1) is 18.0. The third-order valence-corrected chi connectivity index (χ3v) is 6.27. The van der Waals surface area contributed by atoms with Gasteiger partial charge in [0, 0.05) is 41.4 Å². The van der Waals surface area contributed by atoms with Gasteiger partial charge in [-0.25, -0.2) is 4.98 Å². The number of hydrogen-bond acceptors (Lipinski definition) is 4.